The summed E-state index contributed by atoms with van der Waals surface area (Å²) in [5.41, 5.74) is 5.37. The number of nitrogens with one attached hydrogen (secondary N) is 1. The molecule has 1 heterocycles. The smallest absolute Gasteiger partial charge is 0.159 e. The zero-order valence-electron chi connectivity index (χ0n) is 11.0. The van der Waals surface area contributed by atoms with Gasteiger partial charge in [-0.1, -0.05) is 42.5 Å². The lowest BCUT2D eigenvalue weighted by molar-refractivity contribution is 0.101. The number of rotatable bonds is 2. The molecule has 94 valence electrons. The highest BCUT2D eigenvalue weighted by atomic mass is 16.1. The fraction of sp³-hybridized carbons (Fsp3) is 0.118. The Bertz CT molecular complexity index is 751. The van der Waals surface area contributed by atoms with E-state index in [0.717, 1.165) is 22.3 Å². The first kappa shape index (κ1) is 11.7. The van der Waals surface area contributed by atoms with Crippen molar-refractivity contribution >= 4 is 16.7 Å². The third kappa shape index (κ3) is 1.95. The number of hydrogen-bond donors (Lipinski definition) is 1. The van der Waals surface area contributed by atoms with Crippen molar-refractivity contribution < 1.29 is 4.79 Å². The van der Waals surface area contributed by atoms with Gasteiger partial charge in [0.1, 0.15) is 0 Å². The molecule has 0 spiro atoms. The second kappa shape index (κ2) is 4.39. The quantitative estimate of drug-likeness (QED) is 0.673. The van der Waals surface area contributed by atoms with Gasteiger partial charge in [0.05, 0.1) is 0 Å². The lowest BCUT2D eigenvalue weighted by atomic mass is 10.0. The summed E-state index contributed by atoms with van der Waals surface area (Å²) in [6, 6.07) is 16.0. The first-order chi connectivity index (χ1) is 9.16. The van der Waals surface area contributed by atoms with Crippen LogP contribution in [0.15, 0.2) is 48.5 Å². The molecule has 2 aromatic carbocycles. The van der Waals surface area contributed by atoms with Gasteiger partial charge >= 0.3 is 0 Å². The van der Waals surface area contributed by atoms with Crippen LogP contribution in [0.3, 0.4) is 0 Å². The van der Waals surface area contributed by atoms with Crippen molar-refractivity contribution in [2.75, 3.05) is 0 Å². The molecule has 0 atom stereocenters. The number of aromatic nitrogens is 1. The number of fused-ring (bicyclic) bond motifs is 1. The van der Waals surface area contributed by atoms with E-state index in [1.54, 1.807) is 6.92 Å². The van der Waals surface area contributed by atoms with Crippen molar-refractivity contribution in [3.63, 3.8) is 0 Å². The predicted octanol–water partition coefficient (Wildman–Crippen LogP) is 4.35. The van der Waals surface area contributed by atoms with Crippen molar-refractivity contribution in [3.8, 4) is 11.3 Å². The van der Waals surface area contributed by atoms with E-state index in [4.69, 9.17) is 0 Å². The van der Waals surface area contributed by atoms with Crippen LogP contribution in [0, 0.1) is 6.92 Å². The number of carbonyl (C=O) groups excluding carboxylic acids is 1. The maximum absolute atomic E-state index is 11.3. The van der Waals surface area contributed by atoms with Crippen molar-refractivity contribution in [1.82, 2.24) is 4.98 Å². The summed E-state index contributed by atoms with van der Waals surface area (Å²) in [7, 11) is 0. The molecule has 0 aliphatic rings. The molecule has 0 saturated carbocycles. The monoisotopic (exact) mass is 249 g/mol. The Labute approximate surface area is 112 Å². The number of ketones is 1. The summed E-state index contributed by atoms with van der Waals surface area (Å²) < 4.78 is 0. The van der Waals surface area contributed by atoms with Crippen LogP contribution >= 0.6 is 0 Å². The summed E-state index contributed by atoms with van der Waals surface area (Å²) in [6.07, 6.45) is 0. The predicted molar refractivity (Wildman–Crippen MR) is 78.5 cm³/mol. The molecule has 0 radical (unpaired) electrons. The third-order valence-corrected chi connectivity index (χ3v) is 3.55. The summed E-state index contributed by atoms with van der Waals surface area (Å²) in [6.45, 7) is 3.70. The molecule has 0 aliphatic heterocycles. The SMILES string of the molecule is CC(=O)c1ccc(-c2[nH]c3ccccc3c2C)cc1. The summed E-state index contributed by atoms with van der Waals surface area (Å²) in [5, 5.41) is 1.24. The number of aryl methyl sites for hydroxylation is 1. The van der Waals surface area contributed by atoms with Crippen LogP contribution in [0.4, 0.5) is 0 Å². The van der Waals surface area contributed by atoms with Crippen molar-refractivity contribution in [3.05, 3.63) is 59.7 Å². The minimum atomic E-state index is 0.0971. The molecule has 0 bridgehead atoms. The Morgan fingerprint density at radius 3 is 2.32 bits per heavy atom. The first-order valence-electron chi connectivity index (χ1n) is 6.35. The molecule has 0 amide bonds. The van der Waals surface area contributed by atoms with E-state index in [0.29, 0.717) is 0 Å². The highest BCUT2D eigenvalue weighted by Gasteiger charge is 2.09. The van der Waals surface area contributed by atoms with E-state index in [9.17, 15) is 4.79 Å². The number of hydrogen-bond acceptors (Lipinski definition) is 1. The van der Waals surface area contributed by atoms with E-state index < -0.39 is 0 Å². The molecule has 2 nitrogen and oxygen atoms in total. The molecule has 3 aromatic rings. The fourth-order valence-electron chi connectivity index (χ4n) is 2.44. The highest BCUT2D eigenvalue weighted by Crippen LogP contribution is 2.29. The van der Waals surface area contributed by atoms with Gasteiger partial charge in [0.2, 0.25) is 0 Å². The molecule has 19 heavy (non-hydrogen) atoms. The Hall–Kier alpha value is -2.35. The number of Topliss-reactive ketones (excluding diaryl/α,β-unsaturated/α-hetero) is 1. The van der Waals surface area contributed by atoms with E-state index in [1.807, 2.05) is 36.4 Å². The van der Waals surface area contributed by atoms with Crippen LogP contribution in [0.2, 0.25) is 0 Å². The van der Waals surface area contributed by atoms with Crippen molar-refractivity contribution in [2.45, 2.75) is 13.8 Å². The van der Waals surface area contributed by atoms with Gasteiger partial charge in [0.15, 0.2) is 5.78 Å². The Balaban J connectivity index is 2.13. The number of carbonyl (C=O) groups is 1. The van der Waals surface area contributed by atoms with Crippen molar-refractivity contribution in [1.29, 1.82) is 0 Å². The second-order valence-electron chi connectivity index (χ2n) is 4.80. The van der Waals surface area contributed by atoms with Crippen molar-refractivity contribution in [2.24, 2.45) is 0 Å². The number of H-pyrrole nitrogens is 1. The van der Waals surface area contributed by atoms with Gasteiger partial charge in [0.25, 0.3) is 0 Å². The Morgan fingerprint density at radius 2 is 1.68 bits per heavy atom. The third-order valence-electron chi connectivity index (χ3n) is 3.55. The maximum Gasteiger partial charge on any atom is 0.159 e. The maximum atomic E-state index is 11.3. The van der Waals surface area contributed by atoms with Crippen LogP contribution in [-0.2, 0) is 0 Å². The van der Waals surface area contributed by atoms with Crippen LogP contribution in [0.1, 0.15) is 22.8 Å². The molecular formula is C17H15NO. The summed E-state index contributed by atoms with van der Waals surface area (Å²) in [5.74, 6) is 0.0971. The van der Waals surface area contributed by atoms with E-state index >= 15 is 0 Å². The minimum Gasteiger partial charge on any atom is -0.354 e. The molecular weight excluding hydrogens is 234 g/mol. The van der Waals surface area contributed by atoms with Gasteiger partial charge in [-0.05, 0) is 31.0 Å². The van der Waals surface area contributed by atoms with Gasteiger partial charge in [-0.25, -0.2) is 0 Å². The van der Waals surface area contributed by atoms with Gasteiger partial charge in [-0.15, -0.1) is 0 Å². The summed E-state index contributed by atoms with van der Waals surface area (Å²) >= 11 is 0. The Morgan fingerprint density at radius 1 is 1.00 bits per heavy atom. The van der Waals surface area contributed by atoms with Crippen LogP contribution in [0.25, 0.3) is 22.2 Å². The average molecular weight is 249 g/mol. The molecule has 0 fully saturated rings. The van der Waals surface area contributed by atoms with Gasteiger partial charge in [0, 0.05) is 22.2 Å². The van der Waals surface area contributed by atoms with Gasteiger partial charge in [-0.3, -0.25) is 4.79 Å². The number of para-hydroxylation sites is 1. The molecule has 3 rings (SSSR count). The summed E-state index contributed by atoms with van der Waals surface area (Å²) in [4.78, 5) is 14.7. The zero-order valence-corrected chi connectivity index (χ0v) is 11.0. The lowest BCUT2D eigenvalue weighted by Gasteiger charge is -2.02. The van der Waals surface area contributed by atoms with E-state index in [2.05, 4.69) is 24.0 Å². The van der Waals surface area contributed by atoms with E-state index in [1.165, 1.54) is 10.9 Å². The standard InChI is InChI=1S/C17H15NO/c1-11-15-5-3-4-6-16(15)18-17(11)14-9-7-13(8-10-14)12(2)19/h3-10,18H,1-2H3. The fourth-order valence-corrected chi connectivity index (χ4v) is 2.44. The number of aromatic amines is 1. The normalized spacial score (nSPS) is 10.8. The van der Waals surface area contributed by atoms with Gasteiger partial charge < -0.3 is 4.98 Å². The zero-order chi connectivity index (χ0) is 13.4. The van der Waals surface area contributed by atoms with Crippen LogP contribution in [0.5, 0.6) is 0 Å². The average Bonchev–Trinajstić information content (AvgIpc) is 2.77. The van der Waals surface area contributed by atoms with Crippen LogP contribution < -0.4 is 0 Å². The van der Waals surface area contributed by atoms with E-state index in [-0.39, 0.29) is 5.78 Å². The molecule has 2 heteroatoms. The highest BCUT2D eigenvalue weighted by molar-refractivity contribution is 5.95. The van der Waals surface area contributed by atoms with Crippen LogP contribution in [-0.4, -0.2) is 10.8 Å². The number of benzene rings is 2. The second-order valence-corrected chi connectivity index (χ2v) is 4.80. The molecule has 0 saturated heterocycles. The topological polar surface area (TPSA) is 32.9 Å². The largest absolute Gasteiger partial charge is 0.354 e. The molecule has 0 unspecified atom stereocenters. The molecule has 1 N–H and O–H groups in total. The lowest BCUT2D eigenvalue weighted by Crippen LogP contribution is -1.91. The Kier molecular flexibility index (Phi) is 2.71. The minimum absolute atomic E-state index is 0.0971. The first-order valence-corrected chi connectivity index (χ1v) is 6.35. The molecule has 1 aromatic heterocycles. The van der Waals surface area contributed by atoms with Gasteiger partial charge in [-0.2, -0.15) is 0 Å². The molecule has 0 aliphatic carbocycles.